The number of hydrogen-bond acceptors (Lipinski definition) is 3. The van der Waals surface area contributed by atoms with Gasteiger partial charge in [-0.25, -0.2) is 4.39 Å². The number of phenols is 1. The first kappa shape index (κ1) is 15.2. The lowest BCUT2D eigenvalue weighted by atomic mass is 10.0. The summed E-state index contributed by atoms with van der Waals surface area (Å²) in [7, 11) is 1.64. The molecule has 0 spiro atoms. The van der Waals surface area contributed by atoms with Crippen LogP contribution in [0.1, 0.15) is 29.7 Å². The van der Waals surface area contributed by atoms with Crippen molar-refractivity contribution in [3.63, 3.8) is 0 Å². The Labute approximate surface area is 124 Å². The number of hydrogen-bond donors (Lipinski definition) is 2. The Morgan fingerprint density at radius 2 is 1.90 bits per heavy atom. The van der Waals surface area contributed by atoms with E-state index in [9.17, 15) is 9.50 Å². The Kier molecular flexibility index (Phi) is 4.36. The van der Waals surface area contributed by atoms with E-state index < -0.39 is 5.82 Å². The van der Waals surface area contributed by atoms with Gasteiger partial charge in [0.15, 0.2) is 0 Å². The Hall–Kier alpha value is -2.23. The molecule has 0 heterocycles. The van der Waals surface area contributed by atoms with E-state index in [1.165, 1.54) is 6.07 Å². The zero-order valence-corrected chi connectivity index (χ0v) is 12.7. The Morgan fingerprint density at radius 3 is 2.52 bits per heavy atom. The maximum Gasteiger partial charge on any atom is 0.132 e. The minimum atomic E-state index is -0.424. The molecule has 0 aliphatic carbocycles. The molecule has 4 heteroatoms. The van der Waals surface area contributed by atoms with Crippen LogP contribution in [0.15, 0.2) is 30.3 Å². The molecule has 0 amide bonds. The van der Waals surface area contributed by atoms with E-state index in [2.05, 4.69) is 5.32 Å². The summed E-state index contributed by atoms with van der Waals surface area (Å²) >= 11 is 0. The van der Waals surface area contributed by atoms with E-state index in [-0.39, 0.29) is 11.8 Å². The van der Waals surface area contributed by atoms with Gasteiger partial charge in [0.1, 0.15) is 17.3 Å². The number of nitrogens with one attached hydrogen (secondary N) is 1. The summed E-state index contributed by atoms with van der Waals surface area (Å²) in [6.07, 6.45) is 0. The predicted molar refractivity (Wildman–Crippen MR) is 82.6 cm³/mol. The van der Waals surface area contributed by atoms with Gasteiger partial charge in [-0.15, -0.1) is 0 Å². The fourth-order valence-corrected chi connectivity index (χ4v) is 2.48. The molecule has 2 rings (SSSR count). The molecule has 2 aromatic rings. The summed E-state index contributed by atoms with van der Waals surface area (Å²) in [5.74, 6) is 0.335. The number of aryl methyl sites for hydroxylation is 1. The fraction of sp³-hybridized carbons (Fsp3) is 0.294. The summed E-state index contributed by atoms with van der Waals surface area (Å²) in [4.78, 5) is 0. The van der Waals surface area contributed by atoms with Crippen LogP contribution >= 0.6 is 0 Å². The molecule has 0 radical (unpaired) electrons. The minimum absolute atomic E-state index is 0.0726. The summed E-state index contributed by atoms with van der Waals surface area (Å²) in [6.45, 7) is 5.83. The van der Waals surface area contributed by atoms with Gasteiger partial charge < -0.3 is 15.2 Å². The normalized spacial score (nSPS) is 12.0. The largest absolute Gasteiger partial charge is 0.508 e. The van der Waals surface area contributed by atoms with Crippen LogP contribution in [0.2, 0.25) is 0 Å². The number of benzene rings is 2. The van der Waals surface area contributed by atoms with Gasteiger partial charge >= 0.3 is 0 Å². The molecule has 0 saturated heterocycles. The van der Waals surface area contributed by atoms with Crippen LogP contribution in [-0.2, 0) is 0 Å². The number of rotatable bonds is 4. The van der Waals surface area contributed by atoms with E-state index in [4.69, 9.17) is 4.74 Å². The summed E-state index contributed by atoms with van der Waals surface area (Å²) in [5, 5.41) is 12.6. The van der Waals surface area contributed by atoms with Crippen LogP contribution in [-0.4, -0.2) is 12.2 Å². The minimum Gasteiger partial charge on any atom is -0.508 e. The molecule has 0 fully saturated rings. The molecule has 0 aliphatic heterocycles. The van der Waals surface area contributed by atoms with E-state index in [1.54, 1.807) is 13.2 Å². The smallest absolute Gasteiger partial charge is 0.132 e. The molecule has 0 bridgehead atoms. The van der Waals surface area contributed by atoms with Gasteiger partial charge in [0.2, 0.25) is 0 Å². The number of aromatic hydroxyl groups is 1. The first-order valence-electron chi connectivity index (χ1n) is 6.83. The summed E-state index contributed by atoms with van der Waals surface area (Å²) < 4.78 is 19.3. The summed E-state index contributed by atoms with van der Waals surface area (Å²) in [6, 6.07) is 7.89. The Bertz CT molecular complexity index is 655. The number of anilines is 1. The second kappa shape index (κ2) is 6.04. The maximum atomic E-state index is 13.9. The molecule has 21 heavy (non-hydrogen) atoms. The van der Waals surface area contributed by atoms with E-state index in [1.807, 2.05) is 32.9 Å². The average Bonchev–Trinajstić information content (AvgIpc) is 2.42. The van der Waals surface area contributed by atoms with Gasteiger partial charge in [-0.1, -0.05) is 12.1 Å². The Morgan fingerprint density at radius 1 is 1.19 bits per heavy atom. The molecule has 2 N–H and O–H groups in total. The average molecular weight is 289 g/mol. The van der Waals surface area contributed by atoms with Crippen LogP contribution in [0, 0.1) is 19.7 Å². The standard InChI is InChI=1S/C17H20FNO2/c1-10-5-8-16(11(2)17(10)21-4)19-12(3)14-7-6-13(20)9-15(14)18/h5-9,12,19-20H,1-4H3. The third-order valence-corrected chi connectivity index (χ3v) is 3.63. The molecule has 0 saturated carbocycles. The van der Waals surface area contributed by atoms with Crippen molar-refractivity contribution in [1.82, 2.24) is 0 Å². The second-order valence-electron chi connectivity index (χ2n) is 5.16. The number of methoxy groups -OCH3 is 1. The zero-order valence-electron chi connectivity index (χ0n) is 12.7. The van der Waals surface area contributed by atoms with Crippen LogP contribution in [0.3, 0.4) is 0 Å². The predicted octanol–water partition coefficient (Wildman–Crippen LogP) is 4.33. The molecular formula is C17H20FNO2. The highest BCUT2D eigenvalue weighted by molar-refractivity contribution is 5.60. The van der Waals surface area contributed by atoms with Crippen LogP contribution in [0.4, 0.5) is 10.1 Å². The van der Waals surface area contributed by atoms with Gasteiger partial charge in [-0.3, -0.25) is 0 Å². The number of ether oxygens (including phenoxy) is 1. The van der Waals surface area contributed by atoms with E-state index >= 15 is 0 Å². The van der Waals surface area contributed by atoms with Crippen LogP contribution < -0.4 is 10.1 Å². The second-order valence-corrected chi connectivity index (χ2v) is 5.16. The van der Waals surface area contributed by atoms with Crippen molar-refractivity contribution in [3.05, 3.63) is 52.8 Å². The SMILES string of the molecule is COc1c(C)ccc(NC(C)c2ccc(O)cc2F)c1C. The molecule has 1 unspecified atom stereocenters. The zero-order chi connectivity index (χ0) is 15.6. The van der Waals surface area contributed by atoms with Crippen molar-refractivity contribution in [3.8, 4) is 11.5 Å². The third kappa shape index (κ3) is 3.10. The van der Waals surface area contributed by atoms with Crippen LogP contribution in [0.25, 0.3) is 0 Å². The topological polar surface area (TPSA) is 41.5 Å². The maximum absolute atomic E-state index is 13.9. The van der Waals surface area contributed by atoms with Crippen molar-refractivity contribution in [2.24, 2.45) is 0 Å². The highest BCUT2D eigenvalue weighted by Gasteiger charge is 2.14. The molecule has 0 aliphatic rings. The van der Waals surface area contributed by atoms with Crippen molar-refractivity contribution >= 4 is 5.69 Å². The number of halogens is 1. The van der Waals surface area contributed by atoms with Gasteiger partial charge in [-0.2, -0.15) is 0 Å². The highest BCUT2D eigenvalue weighted by atomic mass is 19.1. The number of phenolic OH excluding ortho intramolecular Hbond substituents is 1. The fourth-order valence-electron chi connectivity index (χ4n) is 2.48. The lowest BCUT2D eigenvalue weighted by Gasteiger charge is -2.20. The van der Waals surface area contributed by atoms with E-state index in [0.717, 1.165) is 28.6 Å². The molecule has 0 aromatic heterocycles. The van der Waals surface area contributed by atoms with Crippen LogP contribution in [0.5, 0.6) is 11.5 Å². The van der Waals surface area contributed by atoms with Gasteiger partial charge in [0.05, 0.1) is 13.2 Å². The lowest BCUT2D eigenvalue weighted by Crippen LogP contribution is -2.10. The van der Waals surface area contributed by atoms with Crippen molar-refractivity contribution in [1.29, 1.82) is 0 Å². The summed E-state index contributed by atoms with van der Waals surface area (Å²) in [5.41, 5.74) is 3.46. The molecule has 112 valence electrons. The van der Waals surface area contributed by atoms with Gasteiger partial charge in [-0.05, 0) is 38.5 Å². The first-order valence-corrected chi connectivity index (χ1v) is 6.83. The molecular weight excluding hydrogens is 269 g/mol. The van der Waals surface area contributed by atoms with E-state index in [0.29, 0.717) is 5.56 Å². The molecule has 2 aromatic carbocycles. The lowest BCUT2D eigenvalue weighted by molar-refractivity contribution is 0.409. The van der Waals surface area contributed by atoms with Crippen molar-refractivity contribution in [2.75, 3.05) is 12.4 Å². The van der Waals surface area contributed by atoms with Gasteiger partial charge in [0, 0.05) is 22.9 Å². The van der Waals surface area contributed by atoms with Crippen molar-refractivity contribution < 1.29 is 14.2 Å². The first-order chi connectivity index (χ1) is 9.93. The molecule has 1 atom stereocenters. The molecule has 3 nitrogen and oxygen atoms in total. The van der Waals surface area contributed by atoms with Gasteiger partial charge in [0.25, 0.3) is 0 Å². The highest BCUT2D eigenvalue weighted by Crippen LogP contribution is 2.32. The Balaban J connectivity index is 2.29. The quantitative estimate of drug-likeness (QED) is 0.880. The third-order valence-electron chi connectivity index (χ3n) is 3.63. The monoisotopic (exact) mass is 289 g/mol. The van der Waals surface area contributed by atoms with Crippen molar-refractivity contribution in [2.45, 2.75) is 26.8 Å².